The van der Waals surface area contributed by atoms with Gasteiger partial charge in [-0.3, -0.25) is 0 Å². The number of likely N-dealkylation sites (N-methyl/N-ethyl adjacent to an activating group) is 1. The minimum Gasteiger partial charge on any atom is -0.391 e. The molecule has 0 radical (unpaired) electrons. The van der Waals surface area contributed by atoms with Crippen molar-refractivity contribution in [2.45, 2.75) is 37.8 Å². The zero-order valence-electron chi connectivity index (χ0n) is 10.1. The van der Waals surface area contributed by atoms with Crippen LogP contribution in [0.4, 0.5) is 0 Å². The third kappa shape index (κ3) is 2.04. The number of aromatic nitrogens is 2. The number of aliphatic hydroxyl groups excluding tert-OH is 1. The summed E-state index contributed by atoms with van der Waals surface area (Å²) in [5.74, 6) is 1.69. The fraction of sp³-hybridized carbons (Fsp3) is 0.750. The molecule has 3 heterocycles. The average molecular weight is 300 g/mol. The number of hydrogen-bond donors (Lipinski definition) is 1. The lowest BCUT2D eigenvalue weighted by atomic mass is 10.1. The van der Waals surface area contributed by atoms with Gasteiger partial charge in [-0.1, -0.05) is 0 Å². The van der Waals surface area contributed by atoms with Crippen molar-refractivity contribution in [1.29, 1.82) is 0 Å². The Hall–Kier alpha value is -0.390. The van der Waals surface area contributed by atoms with Crippen LogP contribution < -0.4 is 0 Å². The molecule has 1 saturated heterocycles. The number of imidazole rings is 1. The second kappa shape index (κ2) is 4.37. The maximum Gasteiger partial charge on any atom is 0.127 e. The Morgan fingerprint density at radius 1 is 1.35 bits per heavy atom. The number of nitrogens with zero attached hydrogens (tertiary/aromatic N) is 3. The molecule has 5 heteroatoms. The highest BCUT2D eigenvalue weighted by atomic mass is 79.9. The first kappa shape index (κ1) is 11.7. The van der Waals surface area contributed by atoms with Crippen LogP contribution >= 0.6 is 15.9 Å². The van der Waals surface area contributed by atoms with Crippen LogP contribution in [0.2, 0.25) is 0 Å². The highest BCUT2D eigenvalue weighted by Gasteiger charge is 2.30. The van der Waals surface area contributed by atoms with Crippen molar-refractivity contribution in [2.75, 3.05) is 20.1 Å². The van der Waals surface area contributed by atoms with Crippen LogP contribution in [0.3, 0.4) is 0 Å². The highest BCUT2D eigenvalue weighted by molar-refractivity contribution is 9.10. The number of aliphatic hydroxyl groups is 1. The third-order valence-electron chi connectivity index (χ3n) is 3.92. The number of likely N-dealkylation sites (tertiary alicyclic amines) is 1. The number of fused-ring (bicyclic) bond motifs is 1. The summed E-state index contributed by atoms with van der Waals surface area (Å²) in [7, 11) is 2.16. The van der Waals surface area contributed by atoms with Gasteiger partial charge >= 0.3 is 0 Å². The van der Waals surface area contributed by atoms with Gasteiger partial charge in [0.15, 0.2) is 0 Å². The summed E-state index contributed by atoms with van der Waals surface area (Å²) >= 11 is 3.56. The maximum atomic E-state index is 9.81. The van der Waals surface area contributed by atoms with Gasteiger partial charge in [-0.05, 0) is 48.8 Å². The molecule has 0 aliphatic carbocycles. The van der Waals surface area contributed by atoms with Crippen molar-refractivity contribution in [2.24, 2.45) is 0 Å². The van der Waals surface area contributed by atoms with Gasteiger partial charge < -0.3 is 14.6 Å². The first-order valence-corrected chi connectivity index (χ1v) is 7.06. The van der Waals surface area contributed by atoms with Gasteiger partial charge in [-0.25, -0.2) is 4.98 Å². The Morgan fingerprint density at radius 3 is 2.88 bits per heavy atom. The van der Waals surface area contributed by atoms with Gasteiger partial charge in [-0.15, -0.1) is 0 Å². The number of rotatable bonds is 1. The van der Waals surface area contributed by atoms with E-state index >= 15 is 0 Å². The van der Waals surface area contributed by atoms with Gasteiger partial charge in [0.05, 0.1) is 18.3 Å². The molecule has 0 spiro atoms. The van der Waals surface area contributed by atoms with Crippen molar-refractivity contribution in [1.82, 2.24) is 14.5 Å². The molecule has 1 aromatic rings. The van der Waals surface area contributed by atoms with E-state index in [1.54, 1.807) is 0 Å². The monoisotopic (exact) mass is 299 g/mol. The first-order chi connectivity index (χ1) is 8.15. The molecule has 94 valence electrons. The molecule has 17 heavy (non-hydrogen) atoms. The standard InChI is InChI=1S/C12H18BrN3O/c1-15-5-4-8(6-15)12-14-11(13)10-3-2-9(17)7-16(10)12/h8-9,17H,2-7H2,1H3. The van der Waals surface area contributed by atoms with Crippen LogP contribution in [0.15, 0.2) is 4.60 Å². The van der Waals surface area contributed by atoms with E-state index in [1.165, 1.54) is 12.1 Å². The normalized spacial score (nSPS) is 29.6. The molecule has 3 rings (SSSR count). The molecular weight excluding hydrogens is 282 g/mol. The molecule has 1 fully saturated rings. The third-order valence-corrected chi connectivity index (χ3v) is 4.55. The first-order valence-electron chi connectivity index (χ1n) is 6.26. The quantitative estimate of drug-likeness (QED) is 0.852. The summed E-state index contributed by atoms with van der Waals surface area (Å²) in [5.41, 5.74) is 1.26. The van der Waals surface area contributed by atoms with Gasteiger partial charge in [-0.2, -0.15) is 0 Å². The van der Waals surface area contributed by atoms with Crippen molar-refractivity contribution < 1.29 is 5.11 Å². The highest BCUT2D eigenvalue weighted by Crippen LogP contribution is 2.32. The lowest BCUT2D eigenvalue weighted by Gasteiger charge is -2.23. The molecule has 2 aliphatic rings. The SMILES string of the molecule is CN1CCC(c2nc(Br)c3n2CC(O)CC3)C1. The Labute approximate surface area is 110 Å². The van der Waals surface area contributed by atoms with E-state index in [4.69, 9.17) is 0 Å². The molecule has 2 aliphatic heterocycles. The maximum absolute atomic E-state index is 9.81. The van der Waals surface area contributed by atoms with Gasteiger partial charge in [0.1, 0.15) is 10.4 Å². The molecule has 0 bridgehead atoms. The molecule has 2 atom stereocenters. The Balaban J connectivity index is 1.95. The second-order valence-corrected chi connectivity index (χ2v) is 6.01. The molecule has 4 nitrogen and oxygen atoms in total. The Morgan fingerprint density at radius 2 is 2.18 bits per heavy atom. The van der Waals surface area contributed by atoms with Gasteiger partial charge in [0.25, 0.3) is 0 Å². The van der Waals surface area contributed by atoms with E-state index in [9.17, 15) is 5.11 Å². The largest absolute Gasteiger partial charge is 0.391 e. The summed E-state index contributed by atoms with van der Waals surface area (Å²) in [5, 5.41) is 9.81. The van der Waals surface area contributed by atoms with E-state index in [0.29, 0.717) is 12.5 Å². The van der Waals surface area contributed by atoms with E-state index in [1.807, 2.05) is 0 Å². The summed E-state index contributed by atoms with van der Waals surface area (Å²) < 4.78 is 3.22. The predicted molar refractivity (Wildman–Crippen MR) is 69.1 cm³/mol. The van der Waals surface area contributed by atoms with Gasteiger partial charge in [0.2, 0.25) is 0 Å². The Bertz CT molecular complexity index is 432. The lowest BCUT2D eigenvalue weighted by Crippen LogP contribution is -2.26. The number of hydrogen-bond acceptors (Lipinski definition) is 3. The van der Waals surface area contributed by atoms with Crippen molar-refractivity contribution in [3.8, 4) is 0 Å². The molecular formula is C12H18BrN3O. The van der Waals surface area contributed by atoms with Crippen molar-refractivity contribution in [3.05, 3.63) is 16.1 Å². The predicted octanol–water partition coefficient (Wildman–Crippen LogP) is 1.37. The van der Waals surface area contributed by atoms with Crippen LogP contribution in [-0.2, 0) is 13.0 Å². The summed E-state index contributed by atoms with van der Waals surface area (Å²) in [6.07, 6.45) is 2.75. The second-order valence-electron chi connectivity index (χ2n) is 5.26. The molecule has 1 aromatic heterocycles. The molecule has 2 unspecified atom stereocenters. The number of halogens is 1. The fourth-order valence-corrected chi connectivity index (χ4v) is 3.57. The van der Waals surface area contributed by atoms with Crippen molar-refractivity contribution >= 4 is 15.9 Å². The zero-order chi connectivity index (χ0) is 12.0. The van der Waals surface area contributed by atoms with Crippen LogP contribution in [-0.4, -0.2) is 45.8 Å². The lowest BCUT2D eigenvalue weighted by molar-refractivity contribution is 0.129. The van der Waals surface area contributed by atoms with Gasteiger partial charge in [0, 0.05) is 12.5 Å². The molecule has 0 aromatic carbocycles. The minimum absolute atomic E-state index is 0.207. The van der Waals surface area contributed by atoms with Crippen molar-refractivity contribution in [3.63, 3.8) is 0 Å². The van der Waals surface area contributed by atoms with E-state index in [2.05, 4.69) is 37.4 Å². The zero-order valence-corrected chi connectivity index (χ0v) is 11.7. The smallest absolute Gasteiger partial charge is 0.127 e. The minimum atomic E-state index is -0.207. The summed E-state index contributed by atoms with van der Waals surface area (Å²) in [6, 6.07) is 0. The topological polar surface area (TPSA) is 41.3 Å². The molecule has 1 N–H and O–H groups in total. The van der Waals surface area contributed by atoms with Crippen LogP contribution in [0.1, 0.15) is 30.3 Å². The summed E-state index contributed by atoms with van der Waals surface area (Å²) in [6.45, 7) is 2.94. The van der Waals surface area contributed by atoms with Crippen LogP contribution in [0.5, 0.6) is 0 Å². The van der Waals surface area contributed by atoms with Crippen LogP contribution in [0, 0.1) is 0 Å². The van der Waals surface area contributed by atoms with E-state index in [-0.39, 0.29) is 6.10 Å². The average Bonchev–Trinajstić information content (AvgIpc) is 2.83. The van der Waals surface area contributed by atoms with E-state index in [0.717, 1.165) is 36.4 Å². The molecule has 0 amide bonds. The summed E-state index contributed by atoms with van der Waals surface area (Å²) in [4.78, 5) is 7.03. The fourth-order valence-electron chi connectivity index (χ4n) is 2.98. The van der Waals surface area contributed by atoms with E-state index < -0.39 is 0 Å². The molecule has 0 saturated carbocycles. The van der Waals surface area contributed by atoms with Crippen LogP contribution in [0.25, 0.3) is 0 Å². The Kier molecular flexibility index (Phi) is 3.00.